The molecule has 1 aliphatic heterocycles. The van der Waals surface area contributed by atoms with Crippen molar-refractivity contribution in [1.82, 2.24) is 9.88 Å². The number of hydrogen-bond donors (Lipinski definition) is 2. The van der Waals surface area contributed by atoms with Crippen LogP contribution in [0, 0.1) is 24.1 Å². The Morgan fingerprint density at radius 1 is 1.14 bits per heavy atom. The maximum atomic E-state index is 15.1. The van der Waals surface area contributed by atoms with Crippen LogP contribution >= 0.6 is 11.6 Å². The van der Waals surface area contributed by atoms with Gasteiger partial charge in [0.15, 0.2) is 0 Å². The number of halogens is 2. The normalized spacial score (nSPS) is 13.3. The van der Waals surface area contributed by atoms with Crippen LogP contribution in [0.3, 0.4) is 0 Å². The predicted molar refractivity (Wildman–Crippen MR) is 162 cm³/mol. The van der Waals surface area contributed by atoms with Crippen LogP contribution in [0.5, 0.6) is 5.75 Å². The quantitative estimate of drug-likeness (QED) is 0.147. The van der Waals surface area contributed by atoms with Crippen molar-refractivity contribution in [2.24, 2.45) is 10.9 Å². The van der Waals surface area contributed by atoms with Gasteiger partial charge < -0.3 is 25.0 Å². The molecule has 0 aliphatic carbocycles. The topological polar surface area (TPSA) is 122 Å². The molecule has 3 aromatic rings. The Kier molecular flexibility index (Phi) is 10.3. The summed E-state index contributed by atoms with van der Waals surface area (Å²) in [6.45, 7) is 3.35. The zero-order valence-corrected chi connectivity index (χ0v) is 24.3. The summed E-state index contributed by atoms with van der Waals surface area (Å²) in [6.07, 6.45) is 9.79. The van der Waals surface area contributed by atoms with Crippen LogP contribution in [-0.4, -0.2) is 60.8 Å². The smallest absolute Gasteiger partial charge is 0.309 e. The SMILES string of the molecule is C#Cc1cc(OC)c(NC(=O)c2ccc(N=CN3CCC(C(=O)OCC)CC3)cc2F)c(C(=O)Nc2ccc(Cl)cn2)c1. The molecule has 0 saturated carbocycles. The second kappa shape index (κ2) is 14.3. The lowest BCUT2D eigenvalue weighted by molar-refractivity contribution is -0.149. The third kappa shape index (κ3) is 7.87. The highest BCUT2D eigenvalue weighted by molar-refractivity contribution is 6.30. The lowest BCUT2D eigenvalue weighted by Gasteiger charge is -2.29. The number of nitrogens with zero attached hydrogens (tertiary/aromatic N) is 3. The molecule has 43 heavy (non-hydrogen) atoms. The molecule has 2 N–H and O–H groups in total. The number of methoxy groups -OCH3 is 1. The molecule has 1 fully saturated rings. The Balaban J connectivity index is 1.49. The van der Waals surface area contributed by atoms with Gasteiger partial charge in [-0.1, -0.05) is 17.5 Å². The Bertz CT molecular complexity index is 1580. The standard InChI is InChI=1S/C31H29ClFN5O5/c1-4-19-14-24(30(40)36-27-9-6-21(32)17-34-27)28(26(15-19)42-3)37-29(39)23-8-7-22(16-25(23)33)35-18-38-12-10-20(11-13-38)31(41)43-5-2/h1,6-9,14-18,20H,5,10-13H2,2-3H3,(H,37,39)(H,34,36,40). The monoisotopic (exact) mass is 605 g/mol. The Hall–Kier alpha value is -4.95. The first kappa shape index (κ1) is 31.0. The average Bonchev–Trinajstić information content (AvgIpc) is 3.01. The lowest BCUT2D eigenvalue weighted by atomic mass is 9.97. The van der Waals surface area contributed by atoms with Gasteiger partial charge in [0, 0.05) is 30.9 Å². The van der Waals surface area contributed by atoms with Crippen LogP contribution in [0.1, 0.15) is 46.0 Å². The fourth-order valence-corrected chi connectivity index (χ4v) is 4.52. The first-order chi connectivity index (χ1) is 20.7. The van der Waals surface area contributed by atoms with E-state index >= 15 is 4.39 Å². The summed E-state index contributed by atoms with van der Waals surface area (Å²) >= 11 is 5.87. The first-order valence-corrected chi connectivity index (χ1v) is 13.8. The number of benzene rings is 2. The maximum Gasteiger partial charge on any atom is 0.309 e. The zero-order valence-electron chi connectivity index (χ0n) is 23.5. The second-order valence-electron chi connectivity index (χ2n) is 9.49. The summed E-state index contributed by atoms with van der Waals surface area (Å²) < 4.78 is 25.6. The number of aliphatic imine (C=N–C) groups is 1. The number of piperidine rings is 1. The number of aromatic nitrogens is 1. The highest BCUT2D eigenvalue weighted by atomic mass is 35.5. The van der Waals surface area contributed by atoms with Crippen molar-refractivity contribution in [3.8, 4) is 18.1 Å². The number of ether oxygens (including phenoxy) is 2. The number of amides is 2. The van der Waals surface area contributed by atoms with E-state index in [9.17, 15) is 14.4 Å². The molecule has 1 saturated heterocycles. The number of rotatable bonds is 9. The number of pyridine rings is 1. The number of nitrogens with one attached hydrogen (secondary N) is 2. The van der Waals surface area contributed by atoms with E-state index in [0.717, 1.165) is 6.07 Å². The number of carbonyl (C=O) groups is 3. The van der Waals surface area contributed by atoms with E-state index < -0.39 is 17.6 Å². The minimum absolute atomic E-state index is 0.00863. The van der Waals surface area contributed by atoms with Gasteiger partial charge in [0.2, 0.25) is 0 Å². The van der Waals surface area contributed by atoms with E-state index in [1.807, 2.05) is 4.90 Å². The van der Waals surface area contributed by atoms with Crippen LogP contribution in [0.15, 0.2) is 53.7 Å². The number of terminal acetylenes is 1. The van der Waals surface area contributed by atoms with Crippen LogP contribution < -0.4 is 15.4 Å². The summed E-state index contributed by atoms with van der Waals surface area (Å²) in [5.74, 6) is 0.150. The van der Waals surface area contributed by atoms with Gasteiger partial charge in [-0.2, -0.15) is 0 Å². The van der Waals surface area contributed by atoms with E-state index in [4.69, 9.17) is 27.5 Å². The molecular weight excluding hydrogens is 577 g/mol. The number of anilines is 2. The van der Waals surface area contributed by atoms with Gasteiger partial charge in [-0.3, -0.25) is 14.4 Å². The maximum absolute atomic E-state index is 15.1. The molecular formula is C31H29ClFN5O5. The van der Waals surface area contributed by atoms with Crippen molar-refractivity contribution in [3.05, 3.63) is 76.2 Å². The van der Waals surface area contributed by atoms with Crippen LogP contribution in [0.2, 0.25) is 5.02 Å². The number of esters is 1. The Morgan fingerprint density at radius 2 is 1.88 bits per heavy atom. The van der Waals surface area contributed by atoms with Crippen molar-refractivity contribution in [1.29, 1.82) is 0 Å². The van der Waals surface area contributed by atoms with Crippen molar-refractivity contribution in [2.75, 3.05) is 37.4 Å². The molecule has 12 heteroatoms. The fraction of sp³-hybridized carbons (Fsp3) is 0.258. The summed E-state index contributed by atoms with van der Waals surface area (Å²) in [7, 11) is 1.35. The Morgan fingerprint density at radius 3 is 2.51 bits per heavy atom. The third-order valence-electron chi connectivity index (χ3n) is 6.66. The van der Waals surface area contributed by atoms with E-state index in [2.05, 4.69) is 26.5 Å². The zero-order chi connectivity index (χ0) is 30.9. The van der Waals surface area contributed by atoms with E-state index in [1.54, 1.807) is 19.3 Å². The Labute approximate surface area is 253 Å². The van der Waals surface area contributed by atoms with E-state index in [1.165, 1.54) is 43.6 Å². The molecule has 0 atom stereocenters. The van der Waals surface area contributed by atoms with Gasteiger partial charge in [0.05, 0.1) is 53.5 Å². The van der Waals surface area contributed by atoms with Gasteiger partial charge in [0.1, 0.15) is 17.4 Å². The van der Waals surface area contributed by atoms with Crippen molar-refractivity contribution in [3.63, 3.8) is 0 Å². The minimum Gasteiger partial charge on any atom is -0.495 e. The van der Waals surface area contributed by atoms with Crippen molar-refractivity contribution in [2.45, 2.75) is 19.8 Å². The van der Waals surface area contributed by atoms with Crippen molar-refractivity contribution >= 4 is 52.9 Å². The van der Waals surface area contributed by atoms with E-state index in [0.29, 0.717) is 48.8 Å². The largest absolute Gasteiger partial charge is 0.495 e. The van der Waals surface area contributed by atoms with Gasteiger partial charge in [-0.15, -0.1) is 6.42 Å². The highest BCUT2D eigenvalue weighted by Gasteiger charge is 2.25. The predicted octanol–water partition coefficient (Wildman–Crippen LogP) is 5.30. The summed E-state index contributed by atoms with van der Waals surface area (Å²) in [6, 6.07) is 9.85. The molecule has 0 unspecified atom stereocenters. The summed E-state index contributed by atoms with van der Waals surface area (Å²) in [5.41, 5.74) is 0.315. The van der Waals surface area contributed by atoms with Crippen LogP contribution in [0.4, 0.5) is 21.6 Å². The van der Waals surface area contributed by atoms with Crippen LogP contribution in [0.25, 0.3) is 0 Å². The molecule has 1 aromatic heterocycles. The molecule has 10 nitrogen and oxygen atoms in total. The minimum atomic E-state index is -0.820. The lowest BCUT2D eigenvalue weighted by Crippen LogP contribution is -2.36. The van der Waals surface area contributed by atoms with Gasteiger partial charge >= 0.3 is 5.97 Å². The van der Waals surface area contributed by atoms with Gasteiger partial charge in [0.25, 0.3) is 11.8 Å². The van der Waals surface area contributed by atoms with E-state index in [-0.39, 0.29) is 40.3 Å². The first-order valence-electron chi connectivity index (χ1n) is 13.4. The van der Waals surface area contributed by atoms with Crippen molar-refractivity contribution < 1.29 is 28.2 Å². The molecule has 2 aromatic carbocycles. The molecule has 222 valence electrons. The molecule has 2 amide bonds. The van der Waals surface area contributed by atoms with Crippen LogP contribution in [-0.2, 0) is 9.53 Å². The summed E-state index contributed by atoms with van der Waals surface area (Å²) in [5, 5.41) is 5.58. The summed E-state index contributed by atoms with van der Waals surface area (Å²) in [4.78, 5) is 48.6. The fourth-order valence-electron chi connectivity index (χ4n) is 4.41. The molecule has 4 rings (SSSR count). The third-order valence-corrected chi connectivity index (χ3v) is 6.88. The molecule has 1 aliphatic rings. The molecule has 2 heterocycles. The number of carbonyl (C=O) groups excluding carboxylic acids is 3. The van der Waals surface area contributed by atoms with Gasteiger partial charge in [-0.25, -0.2) is 14.4 Å². The highest BCUT2D eigenvalue weighted by Crippen LogP contribution is 2.32. The number of hydrogen-bond acceptors (Lipinski definition) is 7. The molecule has 0 radical (unpaired) electrons. The second-order valence-corrected chi connectivity index (χ2v) is 9.92. The molecule has 0 spiro atoms. The van der Waals surface area contributed by atoms with Gasteiger partial charge in [-0.05, 0) is 56.2 Å². The molecule has 0 bridgehead atoms. The number of likely N-dealkylation sites (tertiary alicyclic amines) is 1. The average molecular weight is 606 g/mol.